The van der Waals surface area contributed by atoms with E-state index in [2.05, 4.69) is 22.1 Å². The summed E-state index contributed by atoms with van der Waals surface area (Å²) >= 11 is 1.48. The number of carbonyl (C=O) groups is 1. The van der Waals surface area contributed by atoms with Crippen molar-refractivity contribution >= 4 is 34.8 Å². The van der Waals surface area contributed by atoms with Crippen molar-refractivity contribution in [1.29, 1.82) is 0 Å². The summed E-state index contributed by atoms with van der Waals surface area (Å²) in [5.41, 5.74) is 5.59. The van der Waals surface area contributed by atoms with Crippen LogP contribution in [0.25, 0.3) is 0 Å². The van der Waals surface area contributed by atoms with Crippen LogP contribution >= 0.6 is 23.7 Å². The molecule has 5 nitrogen and oxygen atoms in total. The van der Waals surface area contributed by atoms with Crippen molar-refractivity contribution in [1.82, 2.24) is 15.2 Å². The molecule has 17 heavy (non-hydrogen) atoms. The average Bonchev–Trinajstić information content (AvgIpc) is 2.84. The molecule has 1 aromatic heterocycles. The van der Waals surface area contributed by atoms with Crippen molar-refractivity contribution in [3.63, 3.8) is 0 Å². The molecule has 7 heteroatoms. The number of halogens is 1. The van der Waals surface area contributed by atoms with Gasteiger partial charge >= 0.3 is 0 Å². The predicted molar refractivity (Wildman–Crippen MR) is 71.3 cm³/mol. The summed E-state index contributed by atoms with van der Waals surface area (Å²) in [5, 5.41) is 3.44. The Morgan fingerprint density at radius 2 is 2.47 bits per heavy atom. The number of likely N-dealkylation sites (N-methyl/N-ethyl adjacent to an activating group) is 1. The van der Waals surface area contributed by atoms with Crippen molar-refractivity contribution in [3.8, 4) is 0 Å². The van der Waals surface area contributed by atoms with Gasteiger partial charge in [0.15, 0.2) is 5.13 Å². The van der Waals surface area contributed by atoms with Gasteiger partial charge in [-0.1, -0.05) is 6.92 Å². The molecule has 1 amide bonds. The van der Waals surface area contributed by atoms with Gasteiger partial charge in [-0.3, -0.25) is 9.69 Å². The molecule has 1 aliphatic rings. The van der Waals surface area contributed by atoms with Crippen molar-refractivity contribution in [2.45, 2.75) is 25.9 Å². The van der Waals surface area contributed by atoms with Crippen LogP contribution in [-0.4, -0.2) is 34.9 Å². The van der Waals surface area contributed by atoms with Gasteiger partial charge in [-0.2, -0.15) is 0 Å². The Labute approximate surface area is 111 Å². The highest BCUT2D eigenvalue weighted by atomic mass is 35.5. The SMILES string of the molecule is CCN(Cc1cnc(N)s1)C1CCNC1=O.Cl. The Morgan fingerprint density at radius 1 is 1.71 bits per heavy atom. The third-order valence-corrected chi connectivity index (χ3v) is 3.61. The first kappa shape index (κ1) is 14.2. The lowest BCUT2D eigenvalue weighted by Crippen LogP contribution is -2.39. The lowest BCUT2D eigenvalue weighted by molar-refractivity contribution is -0.123. The molecule has 1 unspecified atom stereocenters. The summed E-state index contributed by atoms with van der Waals surface area (Å²) in [7, 11) is 0. The fourth-order valence-corrected chi connectivity index (χ4v) is 2.68. The number of nitrogen functional groups attached to an aromatic ring is 1. The average molecular weight is 277 g/mol. The molecule has 96 valence electrons. The molecule has 0 radical (unpaired) electrons. The molecule has 0 aromatic carbocycles. The number of aromatic nitrogens is 1. The van der Waals surface area contributed by atoms with Gasteiger partial charge in [-0.15, -0.1) is 23.7 Å². The number of hydrogen-bond acceptors (Lipinski definition) is 5. The third kappa shape index (κ3) is 3.31. The minimum absolute atomic E-state index is 0. The van der Waals surface area contributed by atoms with Gasteiger partial charge in [0.25, 0.3) is 0 Å². The van der Waals surface area contributed by atoms with Crippen molar-refractivity contribution in [2.75, 3.05) is 18.8 Å². The van der Waals surface area contributed by atoms with Crippen LogP contribution < -0.4 is 11.1 Å². The predicted octanol–water partition coefficient (Wildman–Crippen LogP) is 0.857. The fourth-order valence-electron chi connectivity index (χ4n) is 1.97. The zero-order valence-electron chi connectivity index (χ0n) is 9.68. The maximum absolute atomic E-state index is 11.6. The molecule has 1 aromatic rings. The molecule has 0 saturated carbocycles. The summed E-state index contributed by atoms with van der Waals surface area (Å²) in [6.07, 6.45) is 2.68. The Hall–Kier alpha value is -0.850. The van der Waals surface area contributed by atoms with E-state index >= 15 is 0 Å². The van der Waals surface area contributed by atoms with Crippen molar-refractivity contribution < 1.29 is 4.79 Å². The van der Waals surface area contributed by atoms with E-state index in [1.54, 1.807) is 6.20 Å². The van der Waals surface area contributed by atoms with Gasteiger partial charge in [0.1, 0.15) is 0 Å². The van der Waals surface area contributed by atoms with Gasteiger partial charge in [-0.25, -0.2) is 4.98 Å². The maximum atomic E-state index is 11.6. The quantitative estimate of drug-likeness (QED) is 0.856. The van der Waals surface area contributed by atoms with Gasteiger partial charge in [0.2, 0.25) is 5.91 Å². The van der Waals surface area contributed by atoms with Crippen LogP contribution in [0, 0.1) is 0 Å². The van der Waals surface area contributed by atoms with E-state index in [0.717, 1.165) is 30.9 Å². The van der Waals surface area contributed by atoms with Crippen molar-refractivity contribution in [3.05, 3.63) is 11.1 Å². The Bertz CT molecular complexity index is 384. The lowest BCUT2D eigenvalue weighted by Gasteiger charge is -2.24. The van der Waals surface area contributed by atoms with Crippen LogP contribution in [0.2, 0.25) is 0 Å². The number of anilines is 1. The van der Waals surface area contributed by atoms with Crippen LogP contribution in [0.15, 0.2) is 6.20 Å². The van der Waals surface area contributed by atoms with Crippen LogP contribution in [0.3, 0.4) is 0 Å². The number of thiazole rings is 1. The van der Waals surface area contributed by atoms with E-state index < -0.39 is 0 Å². The molecule has 1 atom stereocenters. The van der Waals surface area contributed by atoms with E-state index in [1.807, 2.05) is 0 Å². The number of hydrogen-bond donors (Lipinski definition) is 2. The number of nitrogens with two attached hydrogens (primary N) is 1. The van der Waals surface area contributed by atoms with E-state index in [-0.39, 0.29) is 24.4 Å². The second kappa shape index (κ2) is 6.18. The van der Waals surface area contributed by atoms with Crippen LogP contribution in [0.5, 0.6) is 0 Å². The van der Waals surface area contributed by atoms with Gasteiger partial charge in [0.05, 0.1) is 6.04 Å². The second-order valence-corrected chi connectivity index (χ2v) is 4.97. The van der Waals surface area contributed by atoms with Gasteiger partial charge in [0, 0.05) is 24.2 Å². The second-order valence-electron chi connectivity index (χ2n) is 3.82. The Kier molecular flexibility index (Phi) is 5.17. The largest absolute Gasteiger partial charge is 0.375 e. The summed E-state index contributed by atoms with van der Waals surface area (Å²) in [4.78, 5) is 18.9. The lowest BCUT2D eigenvalue weighted by atomic mass is 10.2. The molecule has 2 rings (SSSR count). The first-order chi connectivity index (χ1) is 7.70. The fraction of sp³-hybridized carbons (Fsp3) is 0.600. The normalized spacial score (nSPS) is 19.2. The monoisotopic (exact) mass is 276 g/mol. The summed E-state index contributed by atoms with van der Waals surface area (Å²) < 4.78 is 0. The van der Waals surface area contributed by atoms with Crippen molar-refractivity contribution in [2.24, 2.45) is 0 Å². The number of rotatable bonds is 4. The molecule has 1 fully saturated rings. The molecule has 1 aliphatic heterocycles. The Morgan fingerprint density at radius 3 is 2.94 bits per heavy atom. The topological polar surface area (TPSA) is 71.2 Å². The van der Waals surface area contributed by atoms with Gasteiger partial charge < -0.3 is 11.1 Å². The number of nitrogens with one attached hydrogen (secondary N) is 1. The molecular formula is C10H17ClN4OS. The standard InChI is InChI=1S/C10H16N4OS.ClH/c1-2-14(8-3-4-12-9(8)15)6-7-5-13-10(11)16-7;/h5,8H,2-4,6H2,1H3,(H2,11,13)(H,12,15);1H. The number of nitrogens with zero attached hydrogens (tertiary/aromatic N) is 2. The minimum atomic E-state index is 0. The highest BCUT2D eigenvalue weighted by Crippen LogP contribution is 2.19. The summed E-state index contributed by atoms with van der Waals surface area (Å²) in [5.74, 6) is 0.138. The van der Waals surface area contributed by atoms with E-state index in [4.69, 9.17) is 5.73 Å². The number of amides is 1. The highest BCUT2D eigenvalue weighted by molar-refractivity contribution is 7.15. The molecular weight excluding hydrogens is 260 g/mol. The Balaban J connectivity index is 0.00000144. The van der Waals surface area contributed by atoms with E-state index in [9.17, 15) is 4.79 Å². The van der Waals surface area contributed by atoms with Crippen LogP contribution in [-0.2, 0) is 11.3 Å². The molecule has 3 N–H and O–H groups in total. The first-order valence-electron chi connectivity index (χ1n) is 5.42. The molecule has 0 spiro atoms. The smallest absolute Gasteiger partial charge is 0.237 e. The van der Waals surface area contributed by atoms with Crippen LogP contribution in [0.1, 0.15) is 18.2 Å². The highest BCUT2D eigenvalue weighted by Gasteiger charge is 2.29. The van der Waals surface area contributed by atoms with E-state index in [0.29, 0.717) is 5.13 Å². The summed E-state index contributed by atoms with van der Waals surface area (Å²) in [6, 6.07) is 0.00771. The minimum Gasteiger partial charge on any atom is -0.375 e. The molecule has 1 saturated heterocycles. The first-order valence-corrected chi connectivity index (χ1v) is 6.24. The van der Waals surface area contributed by atoms with E-state index in [1.165, 1.54) is 11.3 Å². The molecule has 0 aliphatic carbocycles. The third-order valence-electron chi connectivity index (χ3n) is 2.80. The van der Waals surface area contributed by atoms with Crippen LogP contribution in [0.4, 0.5) is 5.13 Å². The zero-order chi connectivity index (χ0) is 11.5. The molecule has 2 heterocycles. The molecule has 0 bridgehead atoms. The zero-order valence-corrected chi connectivity index (χ0v) is 11.3. The summed E-state index contributed by atoms with van der Waals surface area (Å²) in [6.45, 7) is 4.46. The maximum Gasteiger partial charge on any atom is 0.237 e. The van der Waals surface area contributed by atoms with Gasteiger partial charge in [-0.05, 0) is 13.0 Å². The number of carbonyl (C=O) groups excluding carboxylic acids is 1.